The van der Waals surface area contributed by atoms with E-state index < -0.39 is 0 Å². The first-order chi connectivity index (χ1) is 9.08. The molecule has 19 heavy (non-hydrogen) atoms. The molecule has 0 radical (unpaired) electrons. The van der Waals surface area contributed by atoms with E-state index in [1.807, 2.05) is 44.2 Å². The molecule has 0 saturated carbocycles. The number of hydrogen-bond acceptors (Lipinski definition) is 2. The van der Waals surface area contributed by atoms with Crippen LogP contribution in [0.25, 0.3) is 0 Å². The van der Waals surface area contributed by atoms with Crippen LogP contribution in [0.4, 0.5) is 0 Å². The van der Waals surface area contributed by atoms with Crippen molar-refractivity contribution in [2.45, 2.75) is 13.8 Å². The Morgan fingerprint density at radius 1 is 1.11 bits per heavy atom. The third-order valence-electron chi connectivity index (χ3n) is 2.88. The Kier molecular flexibility index (Phi) is 4.23. The van der Waals surface area contributed by atoms with E-state index in [1.54, 1.807) is 12.1 Å². The molecular formula is C16H15ClO2. The fraction of sp³-hybridized carbons (Fsp3) is 0.188. The third-order valence-corrected chi connectivity index (χ3v) is 3.47. The average molecular weight is 275 g/mol. The molecule has 0 amide bonds. The predicted molar refractivity (Wildman–Crippen MR) is 77.2 cm³/mol. The van der Waals surface area contributed by atoms with Gasteiger partial charge >= 0.3 is 0 Å². The third kappa shape index (κ3) is 3.36. The molecule has 0 fully saturated rings. The van der Waals surface area contributed by atoms with Crippen molar-refractivity contribution in [1.29, 1.82) is 0 Å². The molecule has 0 spiro atoms. The van der Waals surface area contributed by atoms with Crippen LogP contribution >= 0.6 is 11.6 Å². The lowest BCUT2D eigenvalue weighted by molar-refractivity contribution is 0.0921. The summed E-state index contributed by atoms with van der Waals surface area (Å²) < 4.78 is 5.53. The number of carbonyl (C=O) groups is 1. The summed E-state index contributed by atoms with van der Waals surface area (Å²) in [6.07, 6.45) is 0. The lowest BCUT2D eigenvalue weighted by atomic mass is 10.1. The number of Topliss-reactive ketones (excluding diaryl/α,β-unsaturated/α-hetero) is 1. The Hall–Kier alpha value is -1.80. The number of hydrogen-bond donors (Lipinski definition) is 0. The Labute approximate surface area is 118 Å². The van der Waals surface area contributed by atoms with Crippen molar-refractivity contribution in [1.82, 2.24) is 0 Å². The average Bonchev–Trinajstić information content (AvgIpc) is 2.43. The van der Waals surface area contributed by atoms with E-state index in [0.717, 1.165) is 16.1 Å². The van der Waals surface area contributed by atoms with Crippen molar-refractivity contribution in [3.05, 3.63) is 64.2 Å². The van der Waals surface area contributed by atoms with Crippen LogP contribution in [0.15, 0.2) is 42.5 Å². The number of aryl methyl sites for hydroxylation is 2. The first kappa shape index (κ1) is 13.6. The second-order valence-electron chi connectivity index (χ2n) is 4.45. The van der Waals surface area contributed by atoms with Gasteiger partial charge in [-0.3, -0.25) is 4.79 Å². The number of ether oxygens (including phenoxy) is 1. The molecule has 98 valence electrons. The normalized spacial score (nSPS) is 10.3. The second-order valence-corrected chi connectivity index (χ2v) is 4.83. The molecule has 0 aliphatic rings. The van der Waals surface area contributed by atoms with Crippen LogP contribution < -0.4 is 4.74 Å². The molecule has 3 heteroatoms. The quantitative estimate of drug-likeness (QED) is 0.781. The number of halogens is 1. The van der Waals surface area contributed by atoms with Crippen molar-refractivity contribution in [3.63, 3.8) is 0 Å². The SMILES string of the molecule is Cc1cc(OCC(=O)c2ccccc2)cc(C)c1Cl. The van der Waals surface area contributed by atoms with Crippen LogP contribution in [0.5, 0.6) is 5.75 Å². The summed E-state index contributed by atoms with van der Waals surface area (Å²) in [6, 6.07) is 12.8. The Morgan fingerprint density at radius 3 is 2.26 bits per heavy atom. The lowest BCUT2D eigenvalue weighted by Crippen LogP contribution is -2.11. The molecule has 0 aromatic heterocycles. The van der Waals surface area contributed by atoms with Crippen LogP contribution in [0, 0.1) is 13.8 Å². The molecule has 0 saturated heterocycles. The number of benzene rings is 2. The highest BCUT2D eigenvalue weighted by atomic mass is 35.5. The minimum absolute atomic E-state index is 0.0323. The molecule has 0 bridgehead atoms. The molecule has 2 aromatic carbocycles. The highest BCUT2D eigenvalue weighted by Crippen LogP contribution is 2.25. The molecule has 0 N–H and O–H groups in total. The summed E-state index contributed by atoms with van der Waals surface area (Å²) in [6.45, 7) is 3.87. The largest absolute Gasteiger partial charge is 0.485 e. The van der Waals surface area contributed by atoms with E-state index in [4.69, 9.17) is 16.3 Å². The molecule has 2 rings (SSSR count). The van der Waals surface area contributed by atoms with E-state index in [-0.39, 0.29) is 12.4 Å². The summed E-state index contributed by atoms with van der Waals surface area (Å²) in [4.78, 5) is 11.9. The monoisotopic (exact) mass is 274 g/mol. The van der Waals surface area contributed by atoms with Crippen molar-refractivity contribution in [2.24, 2.45) is 0 Å². The van der Waals surface area contributed by atoms with Crippen molar-refractivity contribution in [2.75, 3.05) is 6.61 Å². The molecular weight excluding hydrogens is 260 g/mol. The van der Waals surface area contributed by atoms with Gasteiger partial charge in [0.05, 0.1) is 0 Å². The maximum Gasteiger partial charge on any atom is 0.200 e. The van der Waals surface area contributed by atoms with Gasteiger partial charge in [0.1, 0.15) is 5.75 Å². The molecule has 0 heterocycles. The first-order valence-corrected chi connectivity index (χ1v) is 6.43. The van der Waals surface area contributed by atoms with Gasteiger partial charge in [0, 0.05) is 10.6 Å². The standard InChI is InChI=1S/C16H15ClO2/c1-11-8-14(9-12(2)16(11)17)19-10-15(18)13-6-4-3-5-7-13/h3-9H,10H2,1-2H3. The van der Waals surface area contributed by atoms with Gasteiger partial charge in [0.2, 0.25) is 0 Å². The zero-order valence-corrected chi connectivity index (χ0v) is 11.7. The minimum Gasteiger partial charge on any atom is -0.485 e. The maximum atomic E-state index is 11.9. The Bertz CT molecular complexity index is 568. The molecule has 2 aromatic rings. The number of carbonyl (C=O) groups excluding carboxylic acids is 1. The van der Waals surface area contributed by atoms with Gasteiger partial charge in [-0.25, -0.2) is 0 Å². The maximum absolute atomic E-state index is 11.9. The van der Waals surface area contributed by atoms with Crippen LogP contribution in [-0.4, -0.2) is 12.4 Å². The zero-order valence-electron chi connectivity index (χ0n) is 10.9. The van der Waals surface area contributed by atoms with Crippen LogP contribution in [0.2, 0.25) is 5.02 Å². The summed E-state index contributed by atoms with van der Waals surface area (Å²) in [5.41, 5.74) is 2.55. The summed E-state index contributed by atoms with van der Waals surface area (Å²) in [7, 11) is 0. The highest BCUT2D eigenvalue weighted by Gasteiger charge is 2.08. The summed E-state index contributed by atoms with van der Waals surface area (Å²) >= 11 is 6.09. The van der Waals surface area contributed by atoms with Crippen molar-refractivity contribution < 1.29 is 9.53 Å². The van der Waals surface area contributed by atoms with Gasteiger partial charge in [-0.05, 0) is 37.1 Å². The summed E-state index contributed by atoms with van der Waals surface area (Å²) in [5.74, 6) is 0.634. The molecule has 0 atom stereocenters. The van der Waals surface area contributed by atoms with Gasteiger partial charge < -0.3 is 4.74 Å². The molecule has 0 aliphatic heterocycles. The fourth-order valence-corrected chi connectivity index (χ4v) is 1.95. The van der Waals surface area contributed by atoms with Gasteiger partial charge in [0.15, 0.2) is 12.4 Å². The topological polar surface area (TPSA) is 26.3 Å². The van der Waals surface area contributed by atoms with Crippen molar-refractivity contribution in [3.8, 4) is 5.75 Å². The van der Waals surface area contributed by atoms with E-state index in [1.165, 1.54) is 0 Å². The second kappa shape index (κ2) is 5.89. The van der Waals surface area contributed by atoms with Gasteiger partial charge in [-0.1, -0.05) is 41.9 Å². The van der Waals surface area contributed by atoms with Crippen molar-refractivity contribution >= 4 is 17.4 Å². The number of rotatable bonds is 4. The van der Waals surface area contributed by atoms with E-state index in [2.05, 4.69) is 0 Å². The summed E-state index contributed by atoms with van der Waals surface area (Å²) in [5, 5.41) is 0.738. The smallest absolute Gasteiger partial charge is 0.200 e. The molecule has 2 nitrogen and oxygen atoms in total. The predicted octanol–water partition coefficient (Wildman–Crippen LogP) is 4.22. The van der Waals surface area contributed by atoms with Gasteiger partial charge in [0.25, 0.3) is 0 Å². The first-order valence-electron chi connectivity index (χ1n) is 6.05. The number of ketones is 1. The zero-order chi connectivity index (χ0) is 13.8. The molecule has 0 aliphatic carbocycles. The van der Waals surface area contributed by atoms with E-state index in [9.17, 15) is 4.79 Å². The van der Waals surface area contributed by atoms with Gasteiger partial charge in [-0.15, -0.1) is 0 Å². The van der Waals surface area contributed by atoms with E-state index >= 15 is 0 Å². The van der Waals surface area contributed by atoms with Crippen LogP contribution in [0.3, 0.4) is 0 Å². The van der Waals surface area contributed by atoms with Crippen LogP contribution in [-0.2, 0) is 0 Å². The highest BCUT2D eigenvalue weighted by molar-refractivity contribution is 6.32. The lowest BCUT2D eigenvalue weighted by Gasteiger charge is -2.09. The Balaban J connectivity index is 2.05. The van der Waals surface area contributed by atoms with Crippen LogP contribution in [0.1, 0.15) is 21.5 Å². The molecule has 0 unspecified atom stereocenters. The van der Waals surface area contributed by atoms with E-state index in [0.29, 0.717) is 11.3 Å². The Morgan fingerprint density at radius 2 is 1.68 bits per heavy atom. The van der Waals surface area contributed by atoms with Gasteiger partial charge in [-0.2, -0.15) is 0 Å². The fourth-order valence-electron chi connectivity index (χ4n) is 1.85. The minimum atomic E-state index is -0.0362.